The third-order valence-corrected chi connectivity index (χ3v) is 7.71. The van der Waals surface area contributed by atoms with Crippen molar-refractivity contribution < 1.29 is 151 Å². The van der Waals surface area contributed by atoms with E-state index in [1.54, 1.807) is 11.4 Å². The van der Waals surface area contributed by atoms with Gasteiger partial charge in [-0.1, -0.05) is 12.2 Å². The quantitative estimate of drug-likeness (QED) is 0.0300. The van der Waals surface area contributed by atoms with E-state index >= 15 is 0 Å². The second kappa shape index (κ2) is 55.6. The minimum atomic E-state index is -1.64. The minimum absolute atomic E-state index is 0. The fraction of sp³-hybridized carbons (Fsp3) is 0.611. The Labute approximate surface area is 380 Å². The Morgan fingerprint density at radius 1 is 0.667 bits per heavy atom. The second-order valence-corrected chi connectivity index (χ2v) is 12.6. The maximum atomic E-state index is 10.3. The van der Waals surface area contributed by atoms with Crippen LogP contribution in [0.25, 0.3) is 0 Å². The van der Waals surface area contributed by atoms with Crippen molar-refractivity contribution in [1.82, 2.24) is 0 Å². The summed E-state index contributed by atoms with van der Waals surface area (Å²) in [6.07, 6.45) is 14.7. The second-order valence-electron chi connectivity index (χ2n) is 12.6. The van der Waals surface area contributed by atoms with Gasteiger partial charge in [0.2, 0.25) is 5.72 Å². The number of aliphatic imine (C=N–C) groups is 1. The van der Waals surface area contributed by atoms with Crippen molar-refractivity contribution in [2.24, 2.45) is 4.99 Å². The molecule has 66 heavy (non-hydrogen) atoms. The van der Waals surface area contributed by atoms with Crippen molar-refractivity contribution in [3.8, 4) is 0 Å². The number of hydrogen-bond donors (Lipinski definition) is 9. The number of carboxylic acids is 6. The predicted octanol–water partition coefficient (Wildman–Crippen LogP) is -16.4. The third kappa shape index (κ3) is 51.1. The highest BCUT2D eigenvalue weighted by molar-refractivity contribution is 6.35. The van der Waals surface area contributed by atoms with Gasteiger partial charge in [0.1, 0.15) is 29.3 Å². The Bertz CT molecular complexity index is 1330. The Morgan fingerprint density at radius 3 is 1.41 bits per heavy atom. The van der Waals surface area contributed by atoms with Gasteiger partial charge < -0.3 is 132 Å². The number of rotatable bonds is 16. The maximum Gasteiger partial charge on any atom is 0.349 e. The molecular weight excluding hydrogens is 900 g/mol. The van der Waals surface area contributed by atoms with Crippen LogP contribution in [0.4, 0.5) is 0 Å². The summed E-state index contributed by atoms with van der Waals surface area (Å²) in [4.78, 5) is 74.4. The van der Waals surface area contributed by atoms with Crippen LogP contribution in [-0.2, 0) is 33.6 Å². The maximum absolute atomic E-state index is 10.3. The number of allylic oxidation sites excluding steroid dienone is 3. The first-order valence-electron chi connectivity index (χ1n) is 18.9. The lowest BCUT2D eigenvalue weighted by atomic mass is 10.0. The van der Waals surface area contributed by atoms with E-state index in [4.69, 9.17) is 15.3 Å². The average Bonchev–Trinajstić information content (AvgIpc) is 3.20. The number of carbonyl (C=O) groups excluding carboxylic acids is 4. The molecule has 33 N–H and O–H groups in total. The van der Waals surface area contributed by atoms with Gasteiger partial charge in [0.05, 0.1) is 32.7 Å². The fourth-order valence-electron chi connectivity index (χ4n) is 4.42. The molecule has 1 unspecified atom stereocenters. The molecule has 0 saturated carbocycles. The Kier molecular flexibility index (Phi) is 73.5. The van der Waals surface area contributed by atoms with Gasteiger partial charge in [0, 0.05) is 25.8 Å². The molecule has 3 aliphatic rings. The summed E-state index contributed by atoms with van der Waals surface area (Å²) in [6.45, 7) is 4.43. The zero-order valence-corrected chi connectivity index (χ0v) is 37.0. The Morgan fingerprint density at radius 2 is 1.15 bits per heavy atom. The van der Waals surface area contributed by atoms with E-state index in [1.807, 2.05) is 0 Å². The number of piperidine rings is 1. The summed E-state index contributed by atoms with van der Waals surface area (Å²) in [5.41, 5.74) is 9.72. The van der Waals surface area contributed by atoms with E-state index in [1.165, 1.54) is 17.5 Å². The molecule has 0 aromatic heterocycles. The highest BCUT2D eigenvalue weighted by Crippen LogP contribution is 2.08. The molecule has 0 aliphatic carbocycles. The van der Waals surface area contributed by atoms with E-state index < -0.39 is 58.8 Å². The van der Waals surface area contributed by atoms with Crippen LogP contribution in [0.5, 0.6) is 0 Å². The monoisotopic (exact) mass is 979 g/mol. The van der Waals surface area contributed by atoms with Crippen LogP contribution in [0, 0.1) is 0 Å². The zero-order chi connectivity index (χ0) is 44.9. The molecule has 1 atom stereocenters. The number of nitrogens with zero attached hydrogens (tertiary/aromatic N) is 1. The molecule has 1 saturated heterocycles. The molecule has 30 heteroatoms. The van der Waals surface area contributed by atoms with E-state index in [9.17, 15) is 64.2 Å². The number of quaternary nitrogens is 5. The van der Waals surface area contributed by atoms with Crippen molar-refractivity contribution >= 4 is 47.3 Å². The number of ketones is 1. The van der Waals surface area contributed by atoms with Crippen LogP contribution in [0.3, 0.4) is 0 Å². The molecule has 0 amide bonds. The van der Waals surface area contributed by atoms with Crippen molar-refractivity contribution in [2.45, 2.75) is 102 Å². The molecule has 3 rings (SSSR count). The van der Waals surface area contributed by atoms with Crippen LogP contribution in [0.2, 0.25) is 0 Å². The number of aliphatic hydroxyl groups is 1. The van der Waals surface area contributed by atoms with Gasteiger partial charge in [-0.25, -0.2) is 14.4 Å². The number of nitrogens with two attached hydrogens (primary N) is 2. The summed E-state index contributed by atoms with van der Waals surface area (Å²) in [5.74, 6) is -10.1. The Balaban J connectivity index is -0.0000000597. The third-order valence-electron chi connectivity index (χ3n) is 7.71. The average molecular weight is 979 g/mol. The van der Waals surface area contributed by atoms with Crippen molar-refractivity contribution in [2.75, 3.05) is 39.3 Å². The molecule has 396 valence electrons. The first-order valence-corrected chi connectivity index (χ1v) is 18.9. The molecule has 30 nitrogen and oxygen atoms in total. The predicted molar refractivity (Wildman–Crippen MR) is 219 cm³/mol. The fourth-order valence-corrected chi connectivity index (χ4v) is 4.42. The number of unbranched alkanes of at least 4 members (excludes halogenated alkanes) is 3. The molecule has 3 heterocycles. The van der Waals surface area contributed by atoms with Crippen molar-refractivity contribution in [3.63, 3.8) is 0 Å². The summed E-state index contributed by atoms with van der Waals surface area (Å²) in [6, 6.07) is 0. The summed E-state index contributed by atoms with van der Waals surface area (Å²) in [7, 11) is 0. The van der Waals surface area contributed by atoms with E-state index in [2.05, 4.69) is 22.2 Å². The number of carboxylic acid groups (broad SMARTS) is 6. The van der Waals surface area contributed by atoms with Gasteiger partial charge in [-0.15, -0.1) is 0 Å². The van der Waals surface area contributed by atoms with Gasteiger partial charge in [-0.2, -0.15) is 0 Å². The highest BCUT2D eigenvalue weighted by atomic mass is 16.4. The van der Waals surface area contributed by atoms with Crippen LogP contribution in [0.1, 0.15) is 96.3 Å². The molecule has 0 radical (unpaired) electrons. The van der Waals surface area contributed by atoms with E-state index in [0.717, 1.165) is 84.0 Å². The van der Waals surface area contributed by atoms with Crippen LogP contribution in [-0.4, -0.2) is 157 Å². The molecule has 0 bridgehead atoms. The first kappa shape index (κ1) is 87.3. The molecule has 0 spiro atoms. The smallest absolute Gasteiger partial charge is 0.349 e. The number of aliphatic carboxylic acids is 6. The van der Waals surface area contributed by atoms with Gasteiger partial charge >= 0.3 is 17.9 Å². The lowest BCUT2D eigenvalue weighted by Crippen LogP contribution is -3.01. The molecule has 0 aromatic carbocycles. The molecule has 3 aliphatic heterocycles. The zero-order valence-electron chi connectivity index (χ0n) is 37.0. The number of Topliss-reactive ketones (excluding diaryl/α,β-unsaturated/α-hetero) is 1. The lowest BCUT2D eigenvalue weighted by molar-refractivity contribution is -0.765. The normalized spacial score (nSPS) is 15.2. The van der Waals surface area contributed by atoms with Gasteiger partial charge in [-0.3, -0.25) is 9.79 Å². The van der Waals surface area contributed by atoms with Crippen molar-refractivity contribution in [3.05, 3.63) is 35.4 Å². The molecule has 1 fully saturated rings. The number of hydrogen-bond acceptors (Lipinski definition) is 14. The summed E-state index contributed by atoms with van der Waals surface area (Å²) in [5, 5.41) is 87.9. The first-order chi connectivity index (χ1) is 27.3. The van der Waals surface area contributed by atoms with Crippen LogP contribution in [0.15, 0.2) is 40.4 Å². The van der Waals surface area contributed by atoms with Gasteiger partial charge in [-0.05, 0) is 94.6 Å². The minimum Gasteiger partial charge on any atom is -0.868 e. The van der Waals surface area contributed by atoms with Crippen LogP contribution >= 0.6 is 0 Å². The summed E-state index contributed by atoms with van der Waals surface area (Å²) >= 11 is 0. The topological polar surface area (TPSA) is 696 Å². The van der Waals surface area contributed by atoms with Crippen molar-refractivity contribution in [1.29, 1.82) is 0 Å². The van der Waals surface area contributed by atoms with Gasteiger partial charge in [0.25, 0.3) is 0 Å². The van der Waals surface area contributed by atoms with Gasteiger partial charge in [0.15, 0.2) is 5.78 Å². The van der Waals surface area contributed by atoms with E-state index in [0.29, 0.717) is 56.6 Å². The standard InChI is InChI=1S/4C6H11NO3.2C6H9NO2.8H2O/c8-5(9)6(10)3-1-2-4-7-6;3*7-4-2-1-3-5(8)6(9)10;2*8-6(9)5-3-1-2-4-7-5;;;;;;;;/h7,10H,1-4H2,(H,8,9);1-4,7H2,(H,9,10);2*3,8H,1-2,4,7H2,(H,9,10);1-4H2,(H,8,9);3,7H,1-2,4H2,(H,8,9);8*1H2/b;;2*5-3-;;;;;;;;;;. The molecule has 0 aromatic rings. The lowest BCUT2D eigenvalue weighted by Gasteiger charge is -2.29. The summed E-state index contributed by atoms with van der Waals surface area (Å²) < 4.78 is 0. The van der Waals surface area contributed by atoms with E-state index in [-0.39, 0.29) is 50.2 Å². The Hall–Kier alpha value is -5.58. The molecular formula is C36H78N6O24. The van der Waals surface area contributed by atoms with Crippen LogP contribution < -0.4 is 53.4 Å². The highest BCUT2D eigenvalue weighted by Gasteiger charge is 2.34. The SMILES string of the molecule is O.O.O.O.O.O.O.O.O=C(O)C1=NCCCC1.O=C([O-])C1(O)CCCC[NH2+]1.O=C([O-])C1=CCCC[NH2+]1.[NH3+]CCC/C=C(\[O-])C(=O)O.[NH3+]CCC/C=C(\[O-])C(=O)O.[NH3+]CCCCC(=O)C(=O)[O-]. The number of carbonyl (C=O) groups is 7. The largest absolute Gasteiger partial charge is 0.868 e.